The van der Waals surface area contributed by atoms with Crippen LogP contribution < -0.4 is 0 Å². The summed E-state index contributed by atoms with van der Waals surface area (Å²) in [5, 5.41) is 12.5. The van der Waals surface area contributed by atoms with Crippen LogP contribution in [0.5, 0.6) is 0 Å². The van der Waals surface area contributed by atoms with E-state index < -0.39 is 0 Å². The van der Waals surface area contributed by atoms with Gasteiger partial charge in [-0.25, -0.2) is 4.68 Å². The molecule has 1 atom stereocenters. The second-order valence-electron chi connectivity index (χ2n) is 6.21. The third-order valence-electron chi connectivity index (χ3n) is 4.45. The van der Waals surface area contributed by atoms with Gasteiger partial charge in [0.1, 0.15) is 12.4 Å². The Morgan fingerprint density at radius 2 is 2.04 bits per heavy atom. The molecule has 1 aliphatic heterocycles. The number of rotatable bonds is 3. The van der Waals surface area contributed by atoms with Gasteiger partial charge in [-0.2, -0.15) is 4.98 Å². The van der Waals surface area contributed by atoms with E-state index >= 15 is 0 Å². The Morgan fingerprint density at radius 3 is 2.85 bits per heavy atom. The first-order chi connectivity index (χ1) is 12.8. The molecule has 0 N–H and O–H groups in total. The molecule has 0 amide bonds. The molecule has 8 nitrogen and oxygen atoms in total. The minimum absolute atomic E-state index is 0.0515. The lowest BCUT2D eigenvalue weighted by atomic mass is 10.1. The summed E-state index contributed by atoms with van der Waals surface area (Å²) < 4.78 is 18.2. The second-order valence-corrected chi connectivity index (χ2v) is 6.21. The molecule has 4 aromatic rings. The smallest absolute Gasteiger partial charge is 0.261 e. The highest BCUT2D eigenvalue weighted by atomic mass is 16.5. The van der Waals surface area contributed by atoms with Crippen LogP contribution in [-0.2, 0) is 17.9 Å². The van der Waals surface area contributed by atoms with Gasteiger partial charge in [0.25, 0.3) is 5.89 Å². The molecule has 1 aliphatic rings. The summed E-state index contributed by atoms with van der Waals surface area (Å²) in [4.78, 5) is 4.38. The van der Waals surface area contributed by atoms with Crippen molar-refractivity contribution in [1.29, 1.82) is 0 Å². The predicted octanol–water partition coefficient (Wildman–Crippen LogP) is 3.17. The second kappa shape index (κ2) is 5.92. The van der Waals surface area contributed by atoms with E-state index in [0.717, 1.165) is 16.8 Å². The monoisotopic (exact) mass is 349 g/mol. The molecule has 0 spiro atoms. The number of hydrogen-bond donors (Lipinski definition) is 0. The number of nitrogens with zero attached hydrogens (tertiary/aromatic N) is 5. The van der Waals surface area contributed by atoms with Crippen molar-refractivity contribution < 1.29 is 13.7 Å². The summed E-state index contributed by atoms with van der Waals surface area (Å²) in [5.41, 5.74) is 4.48. The summed E-state index contributed by atoms with van der Waals surface area (Å²) in [6, 6.07) is 10.1. The van der Waals surface area contributed by atoms with Crippen molar-refractivity contribution in [3.63, 3.8) is 0 Å². The maximum absolute atomic E-state index is 6.03. The Morgan fingerprint density at radius 1 is 1.15 bits per heavy atom. The average molecular weight is 349 g/mol. The number of ether oxygens (including phenoxy) is 1. The highest BCUT2D eigenvalue weighted by Crippen LogP contribution is 2.30. The number of aryl methyl sites for hydroxylation is 1. The quantitative estimate of drug-likeness (QED) is 0.561. The first-order valence-corrected chi connectivity index (χ1v) is 8.25. The standard InChI is InChI=1S/C18H15N5O3/c1-11-2-4-12(5-3-11)15-8-23-14(10-25-15)16(20-22-23)17-19-18(26-21-17)13-6-7-24-9-13/h2-7,9,15H,8,10H2,1H3. The van der Waals surface area contributed by atoms with Crippen LogP contribution >= 0.6 is 0 Å². The van der Waals surface area contributed by atoms with Gasteiger partial charge in [-0.15, -0.1) is 5.10 Å². The number of benzene rings is 1. The van der Waals surface area contributed by atoms with Crippen LogP contribution in [0.4, 0.5) is 0 Å². The predicted molar refractivity (Wildman–Crippen MR) is 89.7 cm³/mol. The minimum Gasteiger partial charge on any atom is -0.472 e. The fraction of sp³-hybridized carbons (Fsp3) is 0.222. The first-order valence-electron chi connectivity index (χ1n) is 8.25. The van der Waals surface area contributed by atoms with Gasteiger partial charge in [0.05, 0.1) is 30.7 Å². The van der Waals surface area contributed by atoms with Gasteiger partial charge in [0.2, 0.25) is 5.82 Å². The van der Waals surface area contributed by atoms with Crippen molar-refractivity contribution in [2.24, 2.45) is 0 Å². The van der Waals surface area contributed by atoms with Gasteiger partial charge >= 0.3 is 0 Å². The average Bonchev–Trinajstić information content (AvgIpc) is 3.41. The number of hydrogen-bond acceptors (Lipinski definition) is 7. The highest BCUT2D eigenvalue weighted by molar-refractivity contribution is 5.57. The maximum atomic E-state index is 6.03. The molecule has 0 radical (unpaired) electrons. The number of fused-ring (bicyclic) bond motifs is 1. The lowest BCUT2D eigenvalue weighted by molar-refractivity contribution is -0.00112. The summed E-state index contributed by atoms with van der Waals surface area (Å²) in [5.74, 6) is 0.768. The van der Waals surface area contributed by atoms with Crippen molar-refractivity contribution >= 4 is 0 Å². The van der Waals surface area contributed by atoms with E-state index in [1.807, 2.05) is 4.68 Å². The molecule has 3 aromatic heterocycles. The molecule has 4 heterocycles. The molecule has 1 aromatic carbocycles. The molecular formula is C18H15N5O3. The van der Waals surface area contributed by atoms with Crippen molar-refractivity contribution in [2.75, 3.05) is 0 Å². The van der Waals surface area contributed by atoms with Crippen LogP contribution in [0.15, 0.2) is 51.8 Å². The van der Waals surface area contributed by atoms with E-state index in [4.69, 9.17) is 13.7 Å². The normalized spacial score (nSPS) is 16.6. The topological polar surface area (TPSA) is 92.0 Å². The van der Waals surface area contributed by atoms with Gasteiger partial charge in [0, 0.05) is 0 Å². The van der Waals surface area contributed by atoms with E-state index in [1.54, 1.807) is 18.6 Å². The molecule has 26 heavy (non-hydrogen) atoms. The Balaban J connectivity index is 1.42. The Bertz CT molecular complexity index is 1030. The molecule has 5 rings (SSSR count). The van der Waals surface area contributed by atoms with Crippen LogP contribution in [0.1, 0.15) is 22.9 Å². The Labute approximate surface area is 148 Å². The molecule has 8 heteroatoms. The third kappa shape index (κ3) is 2.51. The number of aromatic nitrogens is 5. The van der Waals surface area contributed by atoms with Gasteiger partial charge in [-0.3, -0.25) is 0 Å². The zero-order valence-electron chi connectivity index (χ0n) is 14.0. The minimum atomic E-state index is -0.0515. The Hall–Kier alpha value is -3.26. The first kappa shape index (κ1) is 15.0. The summed E-state index contributed by atoms with van der Waals surface area (Å²) in [7, 11) is 0. The molecular weight excluding hydrogens is 334 g/mol. The van der Waals surface area contributed by atoms with E-state index in [0.29, 0.717) is 30.6 Å². The largest absolute Gasteiger partial charge is 0.472 e. The van der Waals surface area contributed by atoms with Crippen LogP contribution in [-0.4, -0.2) is 25.1 Å². The molecule has 0 aliphatic carbocycles. The number of furan rings is 1. The van der Waals surface area contributed by atoms with Crippen molar-refractivity contribution in [1.82, 2.24) is 25.1 Å². The highest BCUT2D eigenvalue weighted by Gasteiger charge is 2.27. The van der Waals surface area contributed by atoms with Gasteiger partial charge in [-0.1, -0.05) is 40.2 Å². The van der Waals surface area contributed by atoms with Gasteiger partial charge in [-0.05, 0) is 18.6 Å². The molecule has 0 saturated carbocycles. The molecule has 1 unspecified atom stereocenters. The lowest BCUT2D eigenvalue weighted by Crippen LogP contribution is -2.22. The van der Waals surface area contributed by atoms with E-state index in [9.17, 15) is 0 Å². The lowest BCUT2D eigenvalue weighted by Gasteiger charge is -2.24. The molecule has 130 valence electrons. The maximum Gasteiger partial charge on any atom is 0.261 e. The Kier molecular flexibility index (Phi) is 3.42. The molecule has 0 saturated heterocycles. The zero-order chi connectivity index (χ0) is 17.5. The summed E-state index contributed by atoms with van der Waals surface area (Å²) in [6.45, 7) is 3.05. The zero-order valence-corrected chi connectivity index (χ0v) is 14.0. The fourth-order valence-corrected chi connectivity index (χ4v) is 2.99. The van der Waals surface area contributed by atoms with Crippen molar-refractivity contribution in [3.05, 3.63) is 59.7 Å². The molecule has 0 fully saturated rings. The van der Waals surface area contributed by atoms with Crippen LogP contribution in [0.25, 0.3) is 23.0 Å². The SMILES string of the molecule is Cc1ccc(C2Cn3nnc(-c4noc(-c5ccoc5)n4)c3CO2)cc1. The molecule has 0 bridgehead atoms. The van der Waals surface area contributed by atoms with E-state index in [1.165, 1.54) is 5.56 Å². The van der Waals surface area contributed by atoms with E-state index in [2.05, 4.69) is 51.6 Å². The van der Waals surface area contributed by atoms with Crippen LogP contribution in [0.3, 0.4) is 0 Å². The van der Waals surface area contributed by atoms with Crippen molar-refractivity contribution in [2.45, 2.75) is 26.2 Å². The van der Waals surface area contributed by atoms with Crippen LogP contribution in [0.2, 0.25) is 0 Å². The van der Waals surface area contributed by atoms with Gasteiger partial charge < -0.3 is 13.7 Å². The van der Waals surface area contributed by atoms with Crippen molar-refractivity contribution in [3.8, 4) is 23.0 Å². The van der Waals surface area contributed by atoms with Gasteiger partial charge in [0.15, 0.2) is 5.69 Å². The van der Waals surface area contributed by atoms with Crippen LogP contribution in [0, 0.1) is 6.92 Å². The summed E-state index contributed by atoms with van der Waals surface area (Å²) >= 11 is 0. The third-order valence-corrected chi connectivity index (χ3v) is 4.45. The van der Waals surface area contributed by atoms with E-state index in [-0.39, 0.29) is 6.10 Å². The summed E-state index contributed by atoms with van der Waals surface area (Å²) in [6.07, 6.45) is 3.05. The fourth-order valence-electron chi connectivity index (χ4n) is 2.99.